The predicted octanol–water partition coefficient (Wildman–Crippen LogP) is 3.46. The molecule has 0 aliphatic carbocycles. The molecule has 0 spiro atoms. The molecule has 0 radical (unpaired) electrons. The van der Waals surface area contributed by atoms with Gasteiger partial charge in [-0.15, -0.1) is 0 Å². The maximum Gasteiger partial charge on any atom is 0.354 e. The van der Waals surface area contributed by atoms with Crippen LogP contribution in [0.2, 0.25) is 0 Å². The van der Waals surface area contributed by atoms with E-state index in [1.807, 2.05) is 13.0 Å². The summed E-state index contributed by atoms with van der Waals surface area (Å²) >= 11 is 0. The van der Waals surface area contributed by atoms with Crippen LogP contribution in [-0.2, 0) is 15.6 Å². The lowest BCUT2D eigenvalue weighted by molar-refractivity contribution is 0.521. The van der Waals surface area contributed by atoms with Gasteiger partial charge in [0.25, 0.3) is 0 Å². The Balaban J connectivity index is 2.09. The van der Waals surface area contributed by atoms with Gasteiger partial charge in [0.2, 0.25) is 0 Å². The first kappa shape index (κ1) is 17.6. The minimum Gasteiger partial charge on any atom is -0.422 e. The highest BCUT2D eigenvalue weighted by Gasteiger charge is 2.21. The fourth-order valence-corrected chi connectivity index (χ4v) is 3.91. The van der Waals surface area contributed by atoms with Crippen LogP contribution >= 0.6 is 0 Å². The summed E-state index contributed by atoms with van der Waals surface area (Å²) in [4.78, 5) is 12.3. The van der Waals surface area contributed by atoms with Gasteiger partial charge in [-0.2, -0.15) is 5.26 Å². The monoisotopic (exact) mass is 365 g/mol. The standard InChI is InChI=1S/C20H15NO4S/c1-14-7-9-17(10-8-14)26(23,24)13-16-11-19(15-5-3-2-4-6-15)25-20(22)18(16)12-21/h2-11H,13H2,1H3. The molecular weight excluding hydrogens is 350 g/mol. The first-order chi connectivity index (χ1) is 12.4. The van der Waals surface area contributed by atoms with Crippen molar-refractivity contribution in [3.05, 3.63) is 87.8 Å². The van der Waals surface area contributed by atoms with E-state index in [9.17, 15) is 18.5 Å². The van der Waals surface area contributed by atoms with Crippen molar-refractivity contribution >= 4 is 9.84 Å². The van der Waals surface area contributed by atoms with Crippen molar-refractivity contribution < 1.29 is 12.8 Å². The van der Waals surface area contributed by atoms with Gasteiger partial charge in [-0.25, -0.2) is 13.2 Å². The summed E-state index contributed by atoms with van der Waals surface area (Å²) in [6.45, 7) is 1.86. The van der Waals surface area contributed by atoms with Gasteiger partial charge in [-0.1, -0.05) is 48.0 Å². The lowest BCUT2D eigenvalue weighted by Gasteiger charge is -2.08. The third kappa shape index (κ3) is 3.58. The third-order valence-corrected chi connectivity index (χ3v) is 5.61. The molecule has 1 heterocycles. The second kappa shape index (κ2) is 6.98. The van der Waals surface area contributed by atoms with Crippen LogP contribution in [0.3, 0.4) is 0 Å². The molecule has 0 saturated heterocycles. The molecule has 0 bridgehead atoms. The summed E-state index contributed by atoms with van der Waals surface area (Å²) in [5.74, 6) is -0.228. The molecule has 1 aromatic heterocycles. The van der Waals surface area contributed by atoms with Crippen molar-refractivity contribution in [2.75, 3.05) is 0 Å². The van der Waals surface area contributed by atoms with E-state index in [-0.39, 0.29) is 21.8 Å². The largest absolute Gasteiger partial charge is 0.422 e. The van der Waals surface area contributed by atoms with Gasteiger partial charge in [0.1, 0.15) is 17.4 Å². The average Bonchev–Trinajstić information content (AvgIpc) is 2.62. The molecule has 0 unspecified atom stereocenters. The molecule has 0 fully saturated rings. The van der Waals surface area contributed by atoms with E-state index >= 15 is 0 Å². The number of sulfone groups is 1. The second-order valence-electron chi connectivity index (χ2n) is 5.85. The zero-order chi connectivity index (χ0) is 18.7. The molecular formula is C20H15NO4S. The van der Waals surface area contributed by atoms with Gasteiger partial charge in [0, 0.05) is 5.56 Å². The quantitative estimate of drug-likeness (QED) is 0.706. The molecule has 0 aliphatic heterocycles. The number of hydrogen-bond acceptors (Lipinski definition) is 5. The normalized spacial score (nSPS) is 11.1. The number of benzene rings is 2. The Morgan fingerprint density at radius 2 is 1.69 bits per heavy atom. The highest BCUT2D eigenvalue weighted by Crippen LogP contribution is 2.23. The van der Waals surface area contributed by atoms with Crippen LogP contribution in [0, 0.1) is 18.3 Å². The molecule has 26 heavy (non-hydrogen) atoms. The Bertz CT molecular complexity index is 1140. The lowest BCUT2D eigenvalue weighted by atomic mass is 10.1. The molecule has 3 rings (SSSR count). The molecule has 0 aliphatic rings. The molecule has 130 valence electrons. The van der Waals surface area contributed by atoms with Crippen LogP contribution in [0.4, 0.5) is 0 Å². The average molecular weight is 365 g/mol. The van der Waals surface area contributed by atoms with Gasteiger partial charge >= 0.3 is 5.63 Å². The number of nitriles is 1. The smallest absolute Gasteiger partial charge is 0.354 e. The van der Waals surface area contributed by atoms with Crippen molar-refractivity contribution in [2.45, 2.75) is 17.6 Å². The van der Waals surface area contributed by atoms with E-state index < -0.39 is 21.2 Å². The zero-order valence-electron chi connectivity index (χ0n) is 14.0. The molecule has 2 aromatic carbocycles. The van der Waals surface area contributed by atoms with Crippen LogP contribution in [0.5, 0.6) is 0 Å². The molecule has 6 heteroatoms. The third-order valence-electron chi connectivity index (χ3n) is 3.93. The van der Waals surface area contributed by atoms with Gasteiger partial charge in [-0.05, 0) is 30.7 Å². The van der Waals surface area contributed by atoms with Crippen molar-refractivity contribution in [3.63, 3.8) is 0 Å². The Kier molecular flexibility index (Phi) is 4.74. The maximum absolute atomic E-state index is 12.7. The van der Waals surface area contributed by atoms with Crippen LogP contribution in [0.1, 0.15) is 16.7 Å². The van der Waals surface area contributed by atoms with E-state index in [1.165, 1.54) is 18.2 Å². The number of rotatable bonds is 4. The van der Waals surface area contributed by atoms with Crippen LogP contribution in [0.25, 0.3) is 11.3 Å². The van der Waals surface area contributed by atoms with Crippen LogP contribution < -0.4 is 5.63 Å². The molecule has 0 saturated carbocycles. The summed E-state index contributed by atoms with van der Waals surface area (Å²) in [6.07, 6.45) is 0. The minimum atomic E-state index is -3.71. The first-order valence-corrected chi connectivity index (χ1v) is 9.48. The number of hydrogen-bond donors (Lipinski definition) is 0. The Labute approximate surface area is 151 Å². The van der Waals surface area contributed by atoms with Crippen LogP contribution in [-0.4, -0.2) is 8.42 Å². The highest BCUT2D eigenvalue weighted by atomic mass is 32.2. The summed E-state index contributed by atoms with van der Waals surface area (Å²) < 4.78 is 30.6. The van der Waals surface area contributed by atoms with E-state index in [2.05, 4.69) is 0 Å². The second-order valence-corrected chi connectivity index (χ2v) is 7.84. The van der Waals surface area contributed by atoms with Gasteiger partial charge in [-0.3, -0.25) is 0 Å². The van der Waals surface area contributed by atoms with Crippen molar-refractivity contribution in [2.24, 2.45) is 0 Å². The maximum atomic E-state index is 12.7. The Morgan fingerprint density at radius 3 is 2.31 bits per heavy atom. The molecule has 0 atom stereocenters. The summed E-state index contributed by atoms with van der Waals surface area (Å²) in [7, 11) is -3.71. The van der Waals surface area contributed by atoms with Crippen molar-refractivity contribution in [3.8, 4) is 17.4 Å². The lowest BCUT2D eigenvalue weighted by Crippen LogP contribution is -2.13. The number of aryl methyl sites for hydroxylation is 1. The molecule has 0 amide bonds. The zero-order valence-corrected chi connectivity index (χ0v) is 14.8. The molecule has 3 aromatic rings. The summed E-state index contributed by atoms with van der Waals surface area (Å²) in [5.41, 5.74) is 0.558. The topological polar surface area (TPSA) is 88.1 Å². The fourth-order valence-electron chi connectivity index (χ4n) is 2.55. The predicted molar refractivity (Wildman–Crippen MR) is 97.2 cm³/mol. The molecule has 5 nitrogen and oxygen atoms in total. The fraction of sp³-hybridized carbons (Fsp3) is 0.100. The Morgan fingerprint density at radius 1 is 1.04 bits per heavy atom. The SMILES string of the molecule is Cc1ccc(S(=O)(=O)Cc2cc(-c3ccccc3)oc(=O)c2C#N)cc1. The van der Waals surface area contributed by atoms with E-state index in [0.717, 1.165) is 5.56 Å². The van der Waals surface area contributed by atoms with E-state index in [0.29, 0.717) is 5.56 Å². The Hall–Kier alpha value is -3.17. The summed E-state index contributed by atoms with van der Waals surface area (Å²) in [5, 5.41) is 9.26. The number of nitrogens with zero attached hydrogens (tertiary/aromatic N) is 1. The minimum absolute atomic E-state index is 0.128. The first-order valence-electron chi connectivity index (χ1n) is 7.83. The highest BCUT2D eigenvalue weighted by molar-refractivity contribution is 7.90. The summed E-state index contributed by atoms with van der Waals surface area (Å²) in [6, 6.07) is 18.5. The van der Waals surface area contributed by atoms with Gasteiger partial charge in [0.05, 0.1) is 10.6 Å². The van der Waals surface area contributed by atoms with Gasteiger partial charge < -0.3 is 4.42 Å². The van der Waals surface area contributed by atoms with Crippen LogP contribution in [0.15, 0.2) is 74.8 Å². The van der Waals surface area contributed by atoms with E-state index in [1.54, 1.807) is 42.5 Å². The molecule has 0 N–H and O–H groups in total. The van der Waals surface area contributed by atoms with E-state index in [4.69, 9.17) is 4.42 Å². The van der Waals surface area contributed by atoms with Crippen molar-refractivity contribution in [1.29, 1.82) is 5.26 Å². The van der Waals surface area contributed by atoms with Gasteiger partial charge in [0.15, 0.2) is 9.84 Å². The van der Waals surface area contributed by atoms with Crippen molar-refractivity contribution in [1.82, 2.24) is 0 Å².